The summed E-state index contributed by atoms with van der Waals surface area (Å²) in [4.78, 5) is 0. The van der Waals surface area contributed by atoms with Crippen molar-refractivity contribution in [1.82, 2.24) is 0 Å². The van der Waals surface area contributed by atoms with Crippen molar-refractivity contribution in [3.8, 4) is 0 Å². The summed E-state index contributed by atoms with van der Waals surface area (Å²) in [6.07, 6.45) is 4.69. The van der Waals surface area contributed by atoms with Crippen LogP contribution in [0.15, 0.2) is 0 Å². The van der Waals surface area contributed by atoms with E-state index in [4.69, 9.17) is 0 Å². The summed E-state index contributed by atoms with van der Waals surface area (Å²) in [7, 11) is 0. The van der Waals surface area contributed by atoms with Crippen LogP contribution in [0.4, 0.5) is 4.39 Å². The van der Waals surface area contributed by atoms with Crippen molar-refractivity contribution in [3.05, 3.63) is 0 Å². The predicted molar refractivity (Wildman–Crippen MR) is 49.9 cm³/mol. The molecule has 12 heavy (non-hydrogen) atoms. The molecule has 0 aromatic carbocycles. The molecule has 0 radical (unpaired) electrons. The van der Waals surface area contributed by atoms with Gasteiger partial charge in [0, 0.05) is 0 Å². The van der Waals surface area contributed by atoms with E-state index < -0.39 is 6.17 Å². The highest BCUT2D eigenvalue weighted by molar-refractivity contribution is 4.72. The predicted octanol–water partition coefficient (Wildman–Crippen LogP) is 2.74. The molecular formula is C10H21FO. The molecule has 1 fully saturated rings. The lowest BCUT2D eigenvalue weighted by atomic mass is 9.83. The Labute approximate surface area is 74.7 Å². The Bertz CT molecular complexity index is 106. The highest BCUT2D eigenvalue weighted by Gasteiger charge is 2.20. The average Bonchev–Trinajstić information content (AvgIpc) is 1.93. The molecule has 0 saturated heterocycles. The lowest BCUT2D eigenvalue weighted by Gasteiger charge is -2.25. The minimum absolute atomic E-state index is 0. The third kappa shape index (κ3) is 4.05. The molecule has 2 heteroatoms. The maximum atomic E-state index is 12.7. The van der Waals surface area contributed by atoms with Crippen LogP contribution in [-0.2, 0) is 0 Å². The van der Waals surface area contributed by atoms with Crippen LogP contribution < -0.4 is 0 Å². The highest BCUT2D eigenvalue weighted by Crippen LogP contribution is 2.30. The van der Waals surface area contributed by atoms with E-state index >= 15 is 0 Å². The van der Waals surface area contributed by atoms with Crippen LogP contribution in [0.3, 0.4) is 0 Å². The van der Waals surface area contributed by atoms with Crippen LogP contribution in [0.25, 0.3) is 0 Å². The number of halogens is 1. The number of hydrogen-bond donors (Lipinski definition) is 0. The topological polar surface area (TPSA) is 31.5 Å². The fourth-order valence-corrected chi connectivity index (χ4v) is 2.02. The van der Waals surface area contributed by atoms with Gasteiger partial charge in [0.1, 0.15) is 6.17 Å². The maximum absolute atomic E-state index is 12.7. The van der Waals surface area contributed by atoms with Crippen molar-refractivity contribution in [3.63, 3.8) is 0 Å². The fraction of sp³-hybridized carbons (Fsp3) is 1.00. The van der Waals surface area contributed by atoms with Crippen molar-refractivity contribution >= 4 is 0 Å². The molecule has 0 spiro atoms. The fourth-order valence-electron chi connectivity index (χ4n) is 2.02. The van der Waals surface area contributed by atoms with Crippen molar-refractivity contribution in [2.45, 2.75) is 52.1 Å². The van der Waals surface area contributed by atoms with Gasteiger partial charge in [-0.05, 0) is 43.9 Å². The third-order valence-corrected chi connectivity index (χ3v) is 2.58. The number of rotatable bonds is 2. The van der Waals surface area contributed by atoms with Gasteiger partial charge in [0.2, 0.25) is 0 Å². The molecule has 1 nitrogen and oxygen atoms in total. The molecule has 0 unspecified atom stereocenters. The molecule has 1 rings (SSSR count). The Kier molecular flexibility index (Phi) is 5.47. The summed E-state index contributed by atoms with van der Waals surface area (Å²) in [5, 5.41) is 0. The Balaban J connectivity index is 0.00000121. The van der Waals surface area contributed by atoms with Crippen LogP contribution in [-0.4, -0.2) is 11.6 Å². The zero-order chi connectivity index (χ0) is 8.27. The summed E-state index contributed by atoms with van der Waals surface area (Å²) >= 11 is 0. The minimum atomic E-state index is -0.488. The number of hydrogen-bond acceptors (Lipinski definition) is 0. The first-order chi connectivity index (χ1) is 5.18. The van der Waals surface area contributed by atoms with E-state index in [-0.39, 0.29) is 5.48 Å². The van der Waals surface area contributed by atoms with E-state index in [2.05, 4.69) is 13.8 Å². The molecule has 0 atom stereocenters. The summed E-state index contributed by atoms with van der Waals surface area (Å²) < 4.78 is 12.7. The van der Waals surface area contributed by atoms with Gasteiger partial charge in [0.05, 0.1) is 0 Å². The second-order valence-electron chi connectivity index (χ2n) is 4.25. The molecule has 1 aliphatic rings. The first-order valence-corrected chi connectivity index (χ1v) is 4.82. The van der Waals surface area contributed by atoms with Gasteiger partial charge in [-0.3, -0.25) is 0 Å². The molecule has 1 saturated carbocycles. The first-order valence-electron chi connectivity index (χ1n) is 4.82. The van der Waals surface area contributed by atoms with Crippen LogP contribution in [0.2, 0.25) is 0 Å². The van der Waals surface area contributed by atoms with Gasteiger partial charge in [-0.2, -0.15) is 0 Å². The molecule has 0 aliphatic heterocycles. The van der Waals surface area contributed by atoms with Crippen molar-refractivity contribution in [2.24, 2.45) is 11.8 Å². The van der Waals surface area contributed by atoms with Crippen LogP contribution in [0.1, 0.15) is 46.0 Å². The Morgan fingerprint density at radius 3 is 2.08 bits per heavy atom. The van der Waals surface area contributed by atoms with Crippen LogP contribution >= 0.6 is 0 Å². The summed E-state index contributed by atoms with van der Waals surface area (Å²) in [6, 6.07) is 0. The molecule has 0 amide bonds. The second kappa shape index (κ2) is 5.52. The Morgan fingerprint density at radius 2 is 1.67 bits per heavy atom. The first kappa shape index (κ1) is 11.9. The monoisotopic (exact) mass is 176 g/mol. The molecule has 1 aliphatic carbocycles. The van der Waals surface area contributed by atoms with Gasteiger partial charge in [-0.25, -0.2) is 4.39 Å². The maximum Gasteiger partial charge on any atom is 0.100 e. The Hall–Kier alpha value is -0.110. The third-order valence-electron chi connectivity index (χ3n) is 2.58. The molecule has 0 aromatic rings. The molecular weight excluding hydrogens is 155 g/mol. The molecule has 0 aromatic heterocycles. The lowest BCUT2D eigenvalue weighted by Crippen LogP contribution is -2.16. The van der Waals surface area contributed by atoms with Crippen molar-refractivity contribution in [2.75, 3.05) is 0 Å². The molecule has 74 valence electrons. The largest absolute Gasteiger partial charge is 0.412 e. The molecule has 2 N–H and O–H groups in total. The van der Waals surface area contributed by atoms with Gasteiger partial charge in [-0.15, -0.1) is 0 Å². The van der Waals surface area contributed by atoms with Gasteiger partial charge >= 0.3 is 0 Å². The van der Waals surface area contributed by atoms with E-state index in [9.17, 15) is 4.39 Å². The van der Waals surface area contributed by atoms with Gasteiger partial charge in [0.15, 0.2) is 0 Å². The molecule has 0 bridgehead atoms. The van der Waals surface area contributed by atoms with Gasteiger partial charge in [-0.1, -0.05) is 13.8 Å². The van der Waals surface area contributed by atoms with E-state index in [1.165, 1.54) is 6.42 Å². The zero-order valence-corrected chi connectivity index (χ0v) is 8.15. The smallest absolute Gasteiger partial charge is 0.100 e. The molecule has 0 heterocycles. The van der Waals surface area contributed by atoms with E-state index in [0.717, 1.165) is 37.5 Å². The van der Waals surface area contributed by atoms with E-state index in [1.807, 2.05) is 0 Å². The van der Waals surface area contributed by atoms with Crippen LogP contribution in [0, 0.1) is 11.8 Å². The van der Waals surface area contributed by atoms with E-state index in [0.29, 0.717) is 0 Å². The quantitative estimate of drug-likeness (QED) is 0.619. The lowest BCUT2D eigenvalue weighted by molar-refractivity contribution is 0.192. The Morgan fingerprint density at radius 1 is 1.17 bits per heavy atom. The average molecular weight is 176 g/mol. The summed E-state index contributed by atoms with van der Waals surface area (Å²) in [5.74, 6) is 1.61. The van der Waals surface area contributed by atoms with E-state index in [1.54, 1.807) is 0 Å². The SMILES string of the molecule is CC(C)CC1CCC(F)CC1.O. The summed E-state index contributed by atoms with van der Waals surface area (Å²) in [6.45, 7) is 4.50. The van der Waals surface area contributed by atoms with Gasteiger partial charge in [0.25, 0.3) is 0 Å². The highest BCUT2D eigenvalue weighted by atomic mass is 19.1. The minimum Gasteiger partial charge on any atom is -0.412 e. The van der Waals surface area contributed by atoms with Crippen molar-refractivity contribution < 1.29 is 9.87 Å². The number of alkyl halides is 1. The zero-order valence-electron chi connectivity index (χ0n) is 8.15. The van der Waals surface area contributed by atoms with Crippen LogP contribution in [0.5, 0.6) is 0 Å². The second-order valence-corrected chi connectivity index (χ2v) is 4.25. The van der Waals surface area contributed by atoms with Gasteiger partial charge < -0.3 is 5.48 Å². The normalized spacial score (nSPS) is 30.0. The standard InChI is InChI=1S/C10H19F.H2O/c1-8(2)7-9-3-5-10(11)6-4-9;/h8-10H,3-7H2,1-2H3;1H2. The van der Waals surface area contributed by atoms with Crippen molar-refractivity contribution in [1.29, 1.82) is 0 Å². The summed E-state index contributed by atoms with van der Waals surface area (Å²) in [5.41, 5.74) is 0.